The molecule has 3 N–H and O–H groups in total. The normalized spacial score (nSPS) is 14.4. The molecule has 94 valence electrons. The third kappa shape index (κ3) is 3.33. The number of hydrogen-bond donors (Lipinski definition) is 3. The first kappa shape index (κ1) is 14.3. The molecular formula is C11H12Cl2O4. The molecule has 0 aromatic heterocycles. The Bertz CT molecular complexity index is 408. The second-order valence-electron chi connectivity index (χ2n) is 3.50. The maximum absolute atomic E-state index is 10.8. The van der Waals surface area contributed by atoms with Crippen LogP contribution in [-0.4, -0.2) is 33.3 Å². The molecule has 1 rings (SSSR count). The smallest absolute Gasteiger partial charge is 0.337 e. The summed E-state index contributed by atoms with van der Waals surface area (Å²) < 4.78 is 0. The van der Waals surface area contributed by atoms with Crippen LogP contribution in [-0.2, 0) is 0 Å². The van der Waals surface area contributed by atoms with Gasteiger partial charge in [-0.1, -0.05) is 23.7 Å². The van der Waals surface area contributed by atoms with Crippen molar-refractivity contribution in [1.82, 2.24) is 0 Å². The van der Waals surface area contributed by atoms with Crippen LogP contribution in [0.25, 0.3) is 0 Å². The molecule has 0 radical (unpaired) electrons. The highest BCUT2D eigenvalue weighted by atomic mass is 35.5. The summed E-state index contributed by atoms with van der Waals surface area (Å²) in [6.07, 6.45) is -2.13. The van der Waals surface area contributed by atoms with E-state index in [9.17, 15) is 15.0 Å². The Labute approximate surface area is 108 Å². The second-order valence-corrected chi connectivity index (χ2v) is 4.26. The summed E-state index contributed by atoms with van der Waals surface area (Å²) in [5.74, 6) is -0.995. The quantitative estimate of drug-likeness (QED) is 0.721. The van der Waals surface area contributed by atoms with Gasteiger partial charge < -0.3 is 15.3 Å². The minimum Gasteiger partial charge on any atom is -0.478 e. The van der Waals surface area contributed by atoms with Crippen molar-refractivity contribution in [3.8, 4) is 0 Å². The van der Waals surface area contributed by atoms with E-state index in [4.69, 9.17) is 28.3 Å². The van der Waals surface area contributed by atoms with Crippen molar-refractivity contribution in [3.63, 3.8) is 0 Å². The zero-order chi connectivity index (χ0) is 13.0. The molecule has 1 aromatic carbocycles. The van der Waals surface area contributed by atoms with Crippen molar-refractivity contribution in [2.75, 3.05) is 5.88 Å². The van der Waals surface area contributed by atoms with E-state index >= 15 is 0 Å². The molecule has 0 fully saturated rings. The summed E-state index contributed by atoms with van der Waals surface area (Å²) in [6.45, 7) is 0. The van der Waals surface area contributed by atoms with Crippen molar-refractivity contribution in [2.24, 2.45) is 0 Å². The monoisotopic (exact) mass is 278 g/mol. The van der Waals surface area contributed by atoms with Crippen LogP contribution < -0.4 is 0 Å². The minimum atomic E-state index is -1.25. The molecule has 0 heterocycles. The highest BCUT2D eigenvalue weighted by Gasteiger charge is 2.22. The molecule has 2 unspecified atom stereocenters. The summed E-state index contributed by atoms with van der Waals surface area (Å²) in [6, 6.07) is 4.26. The van der Waals surface area contributed by atoms with Gasteiger partial charge in [0, 0.05) is 11.4 Å². The highest BCUT2D eigenvalue weighted by Crippen LogP contribution is 2.29. The van der Waals surface area contributed by atoms with Crippen LogP contribution in [0.4, 0.5) is 0 Å². The fourth-order valence-electron chi connectivity index (χ4n) is 1.42. The van der Waals surface area contributed by atoms with Crippen LogP contribution in [0, 0.1) is 0 Å². The number of hydrogen-bond acceptors (Lipinski definition) is 3. The number of rotatable bonds is 5. The fourth-order valence-corrected chi connectivity index (χ4v) is 1.96. The van der Waals surface area contributed by atoms with Crippen LogP contribution in [0.1, 0.15) is 28.4 Å². The summed E-state index contributed by atoms with van der Waals surface area (Å²) >= 11 is 11.3. The zero-order valence-electron chi connectivity index (χ0n) is 8.81. The van der Waals surface area contributed by atoms with Gasteiger partial charge in [-0.3, -0.25) is 0 Å². The van der Waals surface area contributed by atoms with Gasteiger partial charge in [0.1, 0.15) is 6.10 Å². The molecule has 17 heavy (non-hydrogen) atoms. The Morgan fingerprint density at radius 1 is 1.35 bits per heavy atom. The van der Waals surface area contributed by atoms with Crippen molar-refractivity contribution in [3.05, 3.63) is 34.3 Å². The van der Waals surface area contributed by atoms with E-state index in [-0.39, 0.29) is 28.5 Å². The Balaban J connectivity index is 3.06. The van der Waals surface area contributed by atoms with Crippen molar-refractivity contribution >= 4 is 29.2 Å². The van der Waals surface area contributed by atoms with E-state index in [1.807, 2.05) is 0 Å². The molecule has 0 saturated heterocycles. The lowest BCUT2D eigenvalue weighted by Gasteiger charge is -2.18. The summed E-state index contributed by atoms with van der Waals surface area (Å²) in [7, 11) is 0. The number of carboxylic acids is 1. The van der Waals surface area contributed by atoms with E-state index in [1.54, 1.807) is 0 Å². The average Bonchev–Trinajstić information content (AvgIpc) is 2.28. The molecule has 0 aliphatic carbocycles. The van der Waals surface area contributed by atoms with Gasteiger partial charge in [0.15, 0.2) is 0 Å². The van der Waals surface area contributed by atoms with E-state index in [0.717, 1.165) is 0 Å². The maximum Gasteiger partial charge on any atom is 0.337 e. The Hall–Kier alpha value is -0.810. The largest absolute Gasteiger partial charge is 0.478 e. The van der Waals surface area contributed by atoms with Crippen molar-refractivity contribution < 1.29 is 20.1 Å². The Morgan fingerprint density at radius 3 is 2.53 bits per heavy atom. The predicted octanol–water partition coefficient (Wildman–Crippen LogP) is 2.06. The number of aliphatic hydroxyl groups is 2. The second kappa shape index (κ2) is 6.21. The van der Waals surface area contributed by atoms with E-state index in [2.05, 4.69) is 0 Å². The maximum atomic E-state index is 10.8. The SMILES string of the molecule is O=C(O)c1cccc(C(O)C(O)CCCl)c1Cl. The molecule has 0 amide bonds. The molecule has 0 saturated carbocycles. The first-order chi connectivity index (χ1) is 7.99. The van der Waals surface area contributed by atoms with E-state index in [1.165, 1.54) is 18.2 Å². The van der Waals surface area contributed by atoms with Crippen LogP contribution in [0.15, 0.2) is 18.2 Å². The molecule has 0 bridgehead atoms. The molecule has 4 nitrogen and oxygen atoms in total. The standard InChI is InChI=1S/C11H12Cl2O4/c12-5-4-8(14)10(15)6-2-1-3-7(9(6)13)11(16)17/h1-3,8,10,14-15H,4-5H2,(H,16,17). The fraction of sp³-hybridized carbons (Fsp3) is 0.364. The minimum absolute atomic E-state index is 0.0684. The van der Waals surface area contributed by atoms with Gasteiger partial charge in [-0.2, -0.15) is 0 Å². The van der Waals surface area contributed by atoms with Gasteiger partial charge in [-0.05, 0) is 12.5 Å². The lowest BCUT2D eigenvalue weighted by molar-refractivity contribution is 0.0170. The third-order valence-electron chi connectivity index (χ3n) is 2.35. The van der Waals surface area contributed by atoms with E-state index in [0.29, 0.717) is 0 Å². The van der Waals surface area contributed by atoms with E-state index < -0.39 is 18.2 Å². The molecule has 0 aliphatic heterocycles. The van der Waals surface area contributed by atoms with Gasteiger partial charge >= 0.3 is 5.97 Å². The summed E-state index contributed by atoms with van der Waals surface area (Å²) in [5, 5.41) is 28.2. The van der Waals surface area contributed by atoms with Crippen molar-refractivity contribution in [1.29, 1.82) is 0 Å². The number of aromatic carboxylic acids is 1. The highest BCUT2D eigenvalue weighted by molar-refractivity contribution is 6.34. The molecule has 0 spiro atoms. The van der Waals surface area contributed by atoms with Crippen LogP contribution in [0.5, 0.6) is 0 Å². The number of aliphatic hydroxyl groups excluding tert-OH is 2. The lowest BCUT2D eigenvalue weighted by atomic mass is 10.0. The topological polar surface area (TPSA) is 77.8 Å². The van der Waals surface area contributed by atoms with Gasteiger partial charge in [-0.15, -0.1) is 11.6 Å². The third-order valence-corrected chi connectivity index (χ3v) is 2.99. The number of alkyl halides is 1. The molecule has 2 atom stereocenters. The Morgan fingerprint density at radius 2 is 2.00 bits per heavy atom. The predicted molar refractivity (Wildman–Crippen MR) is 64.7 cm³/mol. The zero-order valence-corrected chi connectivity index (χ0v) is 10.3. The lowest BCUT2D eigenvalue weighted by Crippen LogP contribution is -2.19. The van der Waals surface area contributed by atoms with Crippen LogP contribution in [0.3, 0.4) is 0 Å². The average molecular weight is 279 g/mol. The molecule has 1 aromatic rings. The van der Waals surface area contributed by atoms with Crippen LogP contribution >= 0.6 is 23.2 Å². The number of halogens is 2. The molecular weight excluding hydrogens is 267 g/mol. The first-order valence-corrected chi connectivity index (χ1v) is 5.84. The molecule has 0 aliphatic rings. The molecule has 6 heteroatoms. The summed E-state index contributed by atoms with van der Waals surface area (Å²) in [4.78, 5) is 10.8. The van der Waals surface area contributed by atoms with Gasteiger partial charge in [0.25, 0.3) is 0 Å². The van der Waals surface area contributed by atoms with Gasteiger partial charge in [-0.25, -0.2) is 4.79 Å². The van der Waals surface area contributed by atoms with Crippen molar-refractivity contribution in [2.45, 2.75) is 18.6 Å². The Kier molecular flexibility index (Phi) is 5.21. The number of carbonyl (C=O) groups is 1. The van der Waals surface area contributed by atoms with Gasteiger partial charge in [0.2, 0.25) is 0 Å². The number of benzene rings is 1. The first-order valence-electron chi connectivity index (χ1n) is 4.92. The number of carboxylic acid groups (broad SMARTS) is 1. The van der Waals surface area contributed by atoms with Gasteiger partial charge in [0.05, 0.1) is 16.7 Å². The summed E-state index contributed by atoms with van der Waals surface area (Å²) in [5.41, 5.74) is 0.0745. The van der Waals surface area contributed by atoms with Crippen LogP contribution in [0.2, 0.25) is 5.02 Å².